The highest BCUT2D eigenvalue weighted by Crippen LogP contribution is 2.24. The van der Waals surface area contributed by atoms with E-state index in [-0.39, 0.29) is 30.8 Å². The minimum Gasteiger partial charge on any atom is -0.497 e. The van der Waals surface area contributed by atoms with Crippen molar-refractivity contribution in [2.45, 2.75) is 12.5 Å². The quantitative estimate of drug-likeness (QED) is 0.804. The number of carbonyl (C=O) groups is 1. The van der Waals surface area contributed by atoms with Crippen LogP contribution in [-0.4, -0.2) is 26.7 Å². The van der Waals surface area contributed by atoms with Crippen LogP contribution in [0.4, 0.5) is 0 Å². The first kappa shape index (κ1) is 19.8. The Morgan fingerprint density at radius 2 is 1.83 bits per heavy atom. The first-order valence-corrected chi connectivity index (χ1v) is 7.43. The molecular weight excluding hydrogens is 328 g/mol. The highest BCUT2D eigenvalue weighted by Gasteiger charge is 2.18. The van der Waals surface area contributed by atoms with Crippen molar-refractivity contribution in [3.63, 3.8) is 0 Å². The average molecular weight is 351 g/mol. The van der Waals surface area contributed by atoms with Crippen molar-refractivity contribution in [3.05, 3.63) is 59.7 Å². The van der Waals surface area contributed by atoms with Crippen LogP contribution in [0, 0.1) is 0 Å². The highest BCUT2D eigenvalue weighted by atomic mass is 35.5. The Morgan fingerprint density at radius 3 is 2.42 bits per heavy atom. The number of halogens is 1. The summed E-state index contributed by atoms with van der Waals surface area (Å²) in [5.74, 6) is 0.923. The van der Waals surface area contributed by atoms with Crippen LogP contribution < -0.4 is 20.5 Å². The van der Waals surface area contributed by atoms with E-state index in [1.54, 1.807) is 20.3 Å². The van der Waals surface area contributed by atoms with Crippen molar-refractivity contribution in [3.8, 4) is 11.5 Å². The molecule has 130 valence electrons. The molecule has 0 aromatic heterocycles. The number of nitrogens with one attached hydrogen (secondary N) is 1. The second kappa shape index (κ2) is 9.80. The van der Waals surface area contributed by atoms with Crippen molar-refractivity contribution in [1.82, 2.24) is 5.32 Å². The molecule has 6 heteroatoms. The van der Waals surface area contributed by atoms with Gasteiger partial charge in [-0.3, -0.25) is 4.79 Å². The summed E-state index contributed by atoms with van der Waals surface area (Å²) >= 11 is 0. The van der Waals surface area contributed by atoms with Crippen LogP contribution in [0.1, 0.15) is 17.0 Å². The Kier molecular flexibility index (Phi) is 8.09. The van der Waals surface area contributed by atoms with Gasteiger partial charge in [-0.2, -0.15) is 0 Å². The Bertz CT molecular complexity index is 650. The number of hydrogen-bond acceptors (Lipinski definition) is 4. The van der Waals surface area contributed by atoms with Gasteiger partial charge in [0.1, 0.15) is 11.5 Å². The van der Waals surface area contributed by atoms with Crippen LogP contribution in [0.25, 0.3) is 0 Å². The molecule has 5 nitrogen and oxygen atoms in total. The number of ether oxygens (including phenoxy) is 2. The van der Waals surface area contributed by atoms with Crippen molar-refractivity contribution >= 4 is 18.3 Å². The fraction of sp³-hybridized carbons (Fsp3) is 0.278. The molecule has 0 saturated carbocycles. The van der Waals surface area contributed by atoms with Crippen LogP contribution in [0.2, 0.25) is 0 Å². The lowest BCUT2D eigenvalue weighted by molar-refractivity contribution is -0.122. The maximum atomic E-state index is 12.4. The van der Waals surface area contributed by atoms with E-state index in [0.29, 0.717) is 18.0 Å². The summed E-state index contributed by atoms with van der Waals surface area (Å²) in [6.07, 6.45) is 0. The zero-order valence-electron chi connectivity index (χ0n) is 13.8. The SMILES string of the molecule is COc1ccc(CNC(=O)C(CN)c2ccccc2)c(OC)c1.Cl. The molecule has 0 bridgehead atoms. The summed E-state index contributed by atoms with van der Waals surface area (Å²) in [7, 11) is 3.19. The normalized spacial score (nSPS) is 11.1. The number of carbonyl (C=O) groups excluding carboxylic acids is 1. The number of benzene rings is 2. The molecule has 1 amide bonds. The third-order valence-corrected chi connectivity index (χ3v) is 3.70. The summed E-state index contributed by atoms with van der Waals surface area (Å²) in [4.78, 5) is 12.4. The smallest absolute Gasteiger partial charge is 0.229 e. The molecule has 0 saturated heterocycles. The molecule has 3 N–H and O–H groups in total. The first-order chi connectivity index (χ1) is 11.2. The van der Waals surface area contributed by atoms with Gasteiger partial charge in [0.05, 0.1) is 20.1 Å². The largest absolute Gasteiger partial charge is 0.497 e. The van der Waals surface area contributed by atoms with Gasteiger partial charge in [-0.15, -0.1) is 12.4 Å². The molecule has 0 aliphatic rings. The lowest BCUT2D eigenvalue weighted by Crippen LogP contribution is -2.33. The van der Waals surface area contributed by atoms with E-state index in [9.17, 15) is 4.79 Å². The summed E-state index contributed by atoms with van der Waals surface area (Å²) in [5.41, 5.74) is 7.56. The van der Waals surface area contributed by atoms with Gasteiger partial charge in [0.2, 0.25) is 5.91 Å². The lowest BCUT2D eigenvalue weighted by Gasteiger charge is -2.16. The van der Waals surface area contributed by atoms with Crippen LogP contribution in [0.5, 0.6) is 11.5 Å². The number of nitrogens with two attached hydrogens (primary N) is 1. The van der Waals surface area contributed by atoms with E-state index in [0.717, 1.165) is 11.1 Å². The number of methoxy groups -OCH3 is 2. The third-order valence-electron chi connectivity index (χ3n) is 3.70. The van der Waals surface area contributed by atoms with Gasteiger partial charge in [0, 0.05) is 24.7 Å². The third kappa shape index (κ3) is 4.88. The van der Waals surface area contributed by atoms with E-state index in [4.69, 9.17) is 15.2 Å². The topological polar surface area (TPSA) is 73.6 Å². The fourth-order valence-electron chi connectivity index (χ4n) is 2.38. The minimum absolute atomic E-state index is 0. The lowest BCUT2D eigenvalue weighted by atomic mass is 9.98. The number of amides is 1. The molecule has 2 rings (SSSR count). The summed E-state index contributed by atoms with van der Waals surface area (Å²) in [6.45, 7) is 0.630. The molecule has 2 aromatic carbocycles. The van der Waals surface area contributed by atoms with Crippen LogP contribution in [0.15, 0.2) is 48.5 Å². The molecule has 0 aliphatic carbocycles. The van der Waals surface area contributed by atoms with Crippen molar-refractivity contribution in [1.29, 1.82) is 0 Å². The fourth-order valence-corrected chi connectivity index (χ4v) is 2.38. The van der Waals surface area contributed by atoms with Gasteiger partial charge in [0.25, 0.3) is 0 Å². The maximum Gasteiger partial charge on any atom is 0.229 e. The van der Waals surface area contributed by atoms with Gasteiger partial charge in [-0.1, -0.05) is 30.3 Å². The van der Waals surface area contributed by atoms with Crippen LogP contribution >= 0.6 is 12.4 Å². The monoisotopic (exact) mass is 350 g/mol. The van der Waals surface area contributed by atoms with Gasteiger partial charge >= 0.3 is 0 Å². The average Bonchev–Trinajstić information content (AvgIpc) is 2.61. The van der Waals surface area contributed by atoms with E-state index >= 15 is 0 Å². The Labute approximate surface area is 148 Å². The molecule has 1 atom stereocenters. The molecule has 2 aromatic rings. The van der Waals surface area contributed by atoms with Gasteiger partial charge < -0.3 is 20.5 Å². The van der Waals surface area contributed by atoms with Crippen molar-refractivity contribution in [2.24, 2.45) is 5.73 Å². The van der Waals surface area contributed by atoms with E-state index < -0.39 is 0 Å². The summed E-state index contributed by atoms with van der Waals surface area (Å²) < 4.78 is 10.5. The predicted octanol–water partition coefficient (Wildman–Crippen LogP) is 2.48. The Morgan fingerprint density at radius 1 is 1.12 bits per heavy atom. The second-order valence-electron chi connectivity index (χ2n) is 5.09. The number of rotatable bonds is 7. The first-order valence-electron chi connectivity index (χ1n) is 7.43. The van der Waals surface area contributed by atoms with E-state index in [1.807, 2.05) is 42.5 Å². The zero-order valence-corrected chi connectivity index (χ0v) is 14.6. The molecule has 0 fully saturated rings. The van der Waals surface area contributed by atoms with Crippen LogP contribution in [-0.2, 0) is 11.3 Å². The maximum absolute atomic E-state index is 12.4. The molecular formula is C18H23ClN2O3. The highest BCUT2D eigenvalue weighted by molar-refractivity contribution is 5.85. The van der Waals surface area contributed by atoms with Crippen molar-refractivity contribution < 1.29 is 14.3 Å². The molecule has 0 radical (unpaired) electrons. The Balaban J connectivity index is 0.00000288. The molecule has 0 aliphatic heterocycles. The van der Waals surface area contributed by atoms with E-state index in [2.05, 4.69) is 5.32 Å². The van der Waals surface area contributed by atoms with E-state index in [1.165, 1.54) is 0 Å². The predicted molar refractivity (Wildman–Crippen MR) is 96.9 cm³/mol. The van der Waals surface area contributed by atoms with Gasteiger partial charge in [-0.25, -0.2) is 0 Å². The summed E-state index contributed by atoms with van der Waals surface area (Å²) in [6, 6.07) is 15.0. The molecule has 0 spiro atoms. The molecule has 24 heavy (non-hydrogen) atoms. The Hall–Kier alpha value is -2.24. The zero-order chi connectivity index (χ0) is 16.7. The van der Waals surface area contributed by atoms with Gasteiger partial charge in [0.15, 0.2) is 0 Å². The van der Waals surface area contributed by atoms with Gasteiger partial charge in [-0.05, 0) is 17.7 Å². The number of hydrogen-bond donors (Lipinski definition) is 2. The van der Waals surface area contributed by atoms with Crippen molar-refractivity contribution in [2.75, 3.05) is 20.8 Å². The molecule has 0 heterocycles. The minimum atomic E-state index is -0.361. The molecule has 1 unspecified atom stereocenters. The summed E-state index contributed by atoms with van der Waals surface area (Å²) in [5, 5.41) is 2.92. The standard InChI is InChI=1S/C18H22N2O3.ClH/c1-22-15-9-8-14(17(10-15)23-2)12-20-18(21)16(11-19)13-6-4-3-5-7-13;/h3-10,16H,11-12,19H2,1-2H3,(H,20,21);1H. The van der Waals surface area contributed by atoms with Crippen LogP contribution in [0.3, 0.4) is 0 Å². The second-order valence-corrected chi connectivity index (χ2v) is 5.09.